The van der Waals surface area contributed by atoms with Crippen molar-refractivity contribution in [2.75, 3.05) is 11.9 Å². The smallest absolute Gasteiger partial charge is 0.0379 e. The number of para-hydroxylation sites is 1. The molecule has 1 aliphatic rings. The SMILES string of the molecule is c1ccc([C@@H]2CNc3ccccc32)cc1. The van der Waals surface area contributed by atoms with Crippen LogP contribution in [0.4, 0.5) is 5.69 Å². The zero-order valence-corrected chi connectivity index (χ0v) is 8.48. The lowest BCUT2D eigenvalue weighted by Crippen LogP contribution is -2.03. The van der Waals surface area contributed by atoms with Crippen LogP contribution in [0.1, 0.15) is 17.0 Å². The molecule has 0 unspecified atom stereocenters. The second kappa shape index (κ2) is 3.43. The topological polar surface area (TPSA) is 12.0 Å². The molecule has 1 nitrogen and oxygen atoms in total. The van der Waals surface area contributed by atoms with Crippen LogP contribution in [0, 0.1) is 0 Å². The van der Waals surface area contributed by atoms with Gasteiger partial charge in [-0.2, -0.15) is 0 Å². The van der Waals surface area contributed by atoms with E-state index in [0.717, 1.165) is 6.54 Å². The molecule has 1 N–H and O–H groups in total. The van der Waals surface area contributed by atoms with Crippen molar-refractivity contribution in [2.45, 2.75) is 5.92 Å². The van der Waals surface area contributed by atoms with Crippen LogP contribution in [-0.4, -0.2) is 6.54 Å². The number of benzene rings is 2. The van der Waals surface area contributed by atoms with Crippen LogP contribution < -0.4 is 5.32 Å². The summed E-state index contributed by atoms with van der Waals surface area (Å²) in [6.45, 7) is 1.02. The molecule has 1 heteroatoms. The van der Waals surface area contributed by atoms with Gasteiger partial charge < -0.3 is 5.32 Å². The number of fused-ring (bicyclic) bond motifs is 1. The number of anilines is 1. The summed E-state index contributed by atoms with van der Waals surface area (Å²) in [5, 5.41) is 3.45. The molecule has 0 spiro atoms. The van der Waals surface area contributed by atoms with Crippen molar-refractivity contribution >= 4 is 5.69 Å². The van der Waals surface area contributed by atoms with Crippen LogP contribution in [0.3, 0.4) is 0 Å². The van der Waals surface area contributed by atoms with Crippen molar-refractivity contribution < 1.29 is 0 Å². The maximum Gasteiger partial charge on any atom is 0.0379 e. The highest BCUT2D eigenvalue weighted by Gasteiger charge is 2.22. The molecule has 3 rings (SSSR count). The Morgan fingerprint density at radius 1 is 0.867 bits per heavy atom. The first-order valence-corrected chi connectivity index (χ1v) is 5.33. The predicted molar refractivity (Wildman–Crippen MR) is 63.2 cm³/mol. The van der Waals surface area contributed by atoms with Gasteiger partial charge in [0, 0.05) is 18.2 Å². The summed E-state index contributed by atoms with van der Waals surface area (Å²) < 4.78 is 0. The van der Waals surface area contributed by atoms with Gasteiger partial charge in [-0.25, -0.2) is 0 Å². The van der Waals surface area contributed by atoms with Gasteiger partial charge in [0.15, 0.2) is 0 Å². The largest absolute Gasteiger partial charge is 0.384 e. The molecule has 15 heavy (non-hydrogen) atoms. The Bertz CT molecular complexity index is 462. The summed E-state index contributed by atoms with van der Waals surface area (Å²) >= 11 is 0. The van der Waals surface area contributed by atoms with E-state index in [1.54, 1.807) is 0 Å². The third kappa shape index (κ3) is 1.40. The maximum atomic E-state index is 3.45. The van der Waals surface area contributed by atoms with Gasteiger partial charge in [0.25, 0.3) is 0 Å². The molecular weight excluding hydrogens is 182 g/mol. The normalized spacial score (nSPS) is 18.3. The van der Waals surface area contributed by atoms with Crippen molar-refractivity contribution in [2.24, 2.45) is 0 Å². The molecule has 0 amide bonds. The fourth-order valence-corrected chi connectivity index (χ4v) is 2.27. The number of hydrogen-bond donors (Lipinski definition) is 1. The molecule has 0 fully saturated rings. The molecule has 74 valence electrons. The molecule has 2 aromatic rings. The van der Waals surface area contributed by atoms with E-state index in [2.05, 4.69) is 59.9 Å². The molecular formula is C14H13N. The van der Waals surface area contributed by atoms with Gasteiger partial charge in [0.1, 0.15) is 0 Å². The van der Waals surface area contributed by atoms with Crippen LogP contribution in [0.25, 0.3) is 0 Å². The Morgan fingerprint density at radius 2 is 1.60 bits per heavy atom. The van der Waals surface area contributed by atoms with Gasteiger partial charge in [-0.1, -0.05) is 48.5 Å². The molecule has 0 aromatic heterocycles. The van der Waals surface area contributed by atoms with E-state index in [4.69, 9.17) is 0 Å². The fourth-order valence-electron chi connectivity index (χ4n) is 2.27. The summed E-state index contributed by atoms with van der Waals surface area (Å²) in [5.74, 6) is 0.516. The molecule has 1 atom stereocenters. The lowest BCUT2D eigenvalue weighted by Gasteiger charge is -2.09. The van der Waals surface area contributed by atoms with Gasteiger partial charge in [-0.3, -0.25) is 0 Å². The highest BCUT2D eigenvalue weighted by atomic mass is 14.9. The van der Waals surface area contributed by atoms with E-state index in [1.165, 1.54) is 16.8 Å². The first kappa shape index (κ1) is 8.54. The van der Waals surface area contributed by atoms with E-state index in [9.17, 15) is 0 Å². The third-order valence-corrected chi connectivity index (χ3v) is 3.03. The average molecular weight is 195 g/mol. The van der Waals surface area contributed by atoms with Crippen LogP contribution in [0.5, 0.6) is 0 Å². The van der Waals surface area contributed by atoms with Crippen molar-refractivity contribution in [1.82, 2.24) is 0 Å². The summed E-state index contributed by atoms with van der Waals surface area (Å²) in [4.78, 5) is 0. The zero-order valence-electron chi connectivity index (χ0n) is 8.48. The monoisotopic (exact) mass is 195 g/mol. The Kier molecular flexibility index (Phi) is 1.95. The van der Waals surface area contributed by atoms with Gasteiger partial charge in [0.2, 0.25) is 0 Å². The Balaban J connectivity index is 2.05. The maximum absolute atomic E-state index is 3.45. The van der Waals surface area contributed by atoms with Crippen LogP contribution in [-0.2, 0) is 0 Å². The molecule has 1 aliphatic heterocycles. The minimum atomic E-state index is 0.516. The number of nitrogens with one attached hydrogen (secondary N) is 1. The zero-order chi connectivity index (χ0) is 10.1. The minimum absolute atomic E-state index is 0.516. The molecule has 1 heterocycles. The average Bonchev–Trinajstić information content (AvgIpc) is 2.74. The van der Waals surface area contributed by atoms with E-state index < -0.39 is 0 Å². The van der Waals surface area contributed by atoms with Gasteiger partial charge >= 0.3 is 0 Å². The predicted octanol–water partition coefficient (Wildman–Crippen LogP) is 3.24. The molecule has 0 saturated carbocycles. The molecule has 0 radical (unpaired) electrons. The van der Waals surface area contributed by atoms with Crippen molar-refractivity contribution in [3.63, 3.8) is 0 Å². The first-order chi connectivity index (χ1) is 7.45. The third-order valence-electron chi connectivity index (χ3n) is 3.03. The second-order valence-electron chi connectivity index (χ2n) is 3.93. The van der Waals surface area contributed by atoms with Gasteiger partial charge in [-0.05, 0) is 17.2 Å². The molecule has 0 aliphatic carbocycles. The highest BCUT2D eigenvalue weighted by Crippen LogP contribution is 2.35. The summed E-state index contributed by atoms with van der Waals surface area (Å²) in [7, 11) is 0. The Hall–Kier alpha value is -1.76. The minimum Gasteiger partial charge on any atom is -0.384 e. The number of rotatable bonds is 1. The fraction of sp³-hybridized carbons (Fsp3) is 0.143. The van der Waals surface area contributed by atoms with E-state index in [0.29, 0.717) is 5.92 Å². The number of hydrogen-bond acceptors (Lipinski definition) is 1. The van der Waals surface area contributed by atoms with Crippen molar-refractivity contribution in [3.05, 3.63) is 65.7 Å². The summed E-state index contributed by atoms with van der Waals surface area (Å²) in [6, 6.07) is 19.2. The lowest BCUT2D eigenvalue weighted by molar-refractivity contribution is 0.907. The summed E-state index contributed by atoms with van der Waals surface area (Å²) in [6.07, 6.45) is 0. The van der Waals surface area contributed by atoms with E-state index in [-0.39, 0.29) is 0 Å². The molecule has 0 bridgehead atoms. The van der Waals surface area contributed by atoms with Crippen LogP contribution in [0.15, 0.2) is 54.6 Å². The van der Waals surface area contributed by atoms with Gasteiger partial charge in [-0.15, -0.1) is 0 Å². The lowest BCUT2D eigenvalue weighted by atomic mass is 9.93. The second-order valence-corrected chi connectivity index (χ2v) is 3.93. The summed E-state index contributed by atoms with van der Waals surface area (Å²) in [5.41, 5.74) is 4.10. The van der Waals surface area contributed by atoms with Gasteiger partial charge in [0.05, 0.1) is 0 Å². The van der Waals surface area contributed by atoms with E-state index >= 15 is 0 Å². The van der Waals surface area contributed by atoms with Crippen LogP contribution >= 0.6 is 0 Å². The molecule has 0 saturated heterocycles. The Morgan fingerprint density at radius 3 is 2.47 bits per heavy atom. The first-order valence-electron chi connectivity index (χ1n) is 5.33. The molecule has 2 aromatic carbocycles. The van der Waals surface area contributed by atoms with Crippen molar-refractivity contribution in [1.29, 1.82) is 0 Å². The Labute approximate surface area is 89.8 Å². The quantitative estimate of drug-likeness (QED) is 0.736. The highest BCUT2D eigenvalue weighted by molar-refractivity contribution is 5.60. The standard InChI is InChI=1S/C14H13N/c1-2-6-11(7-3-1)13-10-15-14-9-5-4-8-12(13)14/h1-9,13,15H,10H2/t13-/m0/s1. The van der Waals surface area contributed by atoms with E-state index in [1.807, 2.05) is 0 Å². The van der Waals surface area contributed by atoms with Crippen molar-refractivity contribution in [3.8, 4) is 0 Å². The van der Waals surface area contributed by atoms with Crippen LogP contribution in [0.2, 0.25) is 0 Å².